The van der Waals surface area contributed by atoms with Gasteiger partial charge in [0.15, 0.2) is 0 Å². The van der Waals surface area contributed by atoms with Crippen LogP contribution in [0.15, 0.2) is 54.6 Å². The molecule has 0 radical (unpaired) electrons. The average Bonchev–Trinajstić information content (AvgIpc) is 2.35. The van der Waals surface area contributed by atoms with E-state index in [9.17, 15) is 0 Å². The van der Waals surface area contributed by atoms with Crippen LogP contribution in [0.2, 0.25) is 0 Å². The molecule has 2 nitrogen and oxygen atoms in total. The lowest BCUT2D eigenvalue weighted by atomic mass is 10.0. The van der Waals surface area contributed by atoms with Crippen LogP contribution in [0.25, 0.3) is 0 Å². The normalized spacial score (nSPS) is 9.29. The van der Waals surface area contributed by atoms with Gasteiger partial charge in [0.25, 0.3) is 0 Å². The lowest BCUT2D eigenvalue weighted by Gasteiger charge is -2.04. The van der Waals surface area contributed by atoms with E-state index in [2.05, 4.69) is 30.3 Å². The van der Waals surface area contributed by atoms with Crippen LogP contribution in [-0.2, 0) is 6.42 Å². The molecule has 0 aliphatic carbocycles. The maximum absolute atomic E-state index is 7.57. The number of nitrogens with two attached hydrogens (primary N) is 1. The molecule has 0 heterocycles. The molecule has 0 aliphatic rings. The summed E-state index contributed by atoms with van der Waals surface area (Å²) >= 11 is 0. The van der Waals surface area contributed by atoms with Crippen molar-refractivity contribution in [2.24, 2.45) is 0 Å². The second-order valence-electron chi connectivity index (χ2n) is 3.68. The summed E-state index contributed by atoms with van der Waals surface area (Å²) in [5.74, 6) is 0. The Morgan fingerprint density at radius 1 is 0.941 bits per heavy atom. The fraction of sp³-hybridized carbons (Fsp3) is 0.200. The summed E-state index contributed by atoms with van der Waals surface area (Å²) in [6.45, 7) is 1.93. The molecule has 0 aromatic heterocycles. The number of anilines is 1. The minimum Gasteiger partial charge on any atom is -0.398 e. The molecule has 17 heavy (non-hydrogen) atoms. The molecule has 0 amide bonds. The van der Waals surface area contributed by atoms with Gasteiger partial charge in [-0.25, -0.2) is 0 Å². The first-order valence-electron chi connectivity index (χ1n) is 5.76. The van der Waals surface area contributed by atoms with E-state index in [-0.39, 0.29) is 6.61 Å². The van der Waals surface area contributed by atoms with Gasteiger partial charge in [0.1, 0.15) is 0 Å². The van der Waals surface area contributed by atoms with Crippen molar-refractivity contribution in [2.45, 2.75) is 13.3 Å². The summed E-state index contributed by atoms with van der Waals surface area (Å²) in [6, 6.07) is 18.4. The smallest absolute Gasteiger partial charge is 0.0402 e. The van der Waals surface area contributed by atoms with E-state index in [1.54, 1.807) is 6.92 Å². The Morgan fingerprint density at radius 3 is 2.06 bits per heavy atom. The summed E-state index contributed by atoms with van der Waals surface area (Å²) in [4.78, 5) is 0. The summed E-state index contributed by atoms with van der Waals surface area (Å²) in [6.07, 6.45) is 0.910. The molecular weight excluding hydrogens is 210 g/mol. The summed E-state index contributed by atoms with van der Waals surface area (Å²) in [5, 5.41) is 7.57. The van der Waals surface area contributed by atoms with Crippen molar-refractivity contribution in [3.63, 3.8) is 0 Å². The molecular formula is C15H19NO. The number of para-hydroxylation sites is 1. The Kier molecular flexibility index (Phi) is 5.83. The van der Waals surface area contributed by atoms with Gasteiger partial charge in [-0.3, -0.25) is 0 Å². The summed E-state index contributed by atoms with van der Waals surface area (Å²) in [7, 11) is 0. The second-order valence-corrected chi connectivity index (χ2v) is 3.68. The van der Waals surface area contributed by atoms with Crippen LogP contribution >= 0.6 is 0 Å². The van der Waals surface area contributed by atoms with E-state index in [0.29, 0.717) is 0 Å². The van der Waals surface area contributed by atoms with E-state index in [1.807, 2.05) is 24.3 Å². The second kappa shape index (κ2) is 7.47. The lowest BCUT2D eigenvalue weighted by molar-refractivity contribution is 0.318. The molecule has 0 bridgehead atoms. The van der Waals surface area contributed by atoms with Gasteiger partial charge in [-0.15, -0.1) is 0 Å². The number of nitrogen functional groups attached to an aromatic ring is 1. The number of aliphatic hydroxyl groups is 1. The molecule has 2 heteroatoms. The zero-order chi connectivity index (χ0) is 12.5. The van der Waals surface area contributed by atoms with Gasteiger partial charge in [-0.2, -0.15) is 0 Å². The Bertz CT molecular complexity index is 426. The van der Waals surface area contributed by atoms with Crippen LogP contribution in [0.3, 0.4) is 0 Å². The van der Waals surface area contributed by atoms with Gasteiger partial charge in [0.2, 0.25) is 0 Å². The van der Waals surface area contributed by atoms with Crippen LogP contribution < -0.4 is 5.73 Å². The summed E-state index contributed by atoms with van der Waals surface area (Å²) in [5.41, 5.74) is 9.23. The first-order valence-corrected chi connectivity index (χ1v) is 5.76. The van der Waals surface area contributed by atoms with Gasteiger partial charge in [0, 0.05) is 12.3 Å². The lowest BCUT2D eigenvalue weighted by Crippen LogP contribution is -1.94. The van der Waals surface area contributed by atoms with Crippen LogP contribution in [0.4, 0.5) is 5.69 Å². The van der Waals surface area contributed by atoms with Crippen LogP contribution in [0.5, 0.6) is 0 Å². The number of hydrogen-bond donors (Lipinski definition) is 2. The Labute approximate surface area is 103 Å². The molecule has 3 N–H and O–H groups in total. The Balaban J connectivity index is 0.000000437. The Morgan fingerprint density at radius 2 is 1.47 bits per heavy atom. The maximum Gasteiger partial charge on any atom is 0.0402 e. The van der Waals surface area contributed by atoms with Crippen LogP contribution in [0.1, 0.15) is 18.1 Å². The fourth-order valence-electron chi connectivity index (χ4n) is 1.51. The van der Waals surface area contributed by atoms with E-state index < -0.39 is 0 Å². The van der Waals surface area contributed by atoms with Crippen LogP contribution in [0, 0.1) is 0 Å². The molecule has 0 saturated carbocycles. The predicted molar refractivity (Wildman–Crippen MR) is 72.9 cm³/mol. The molecule has 0 unspecified atom stereocenters. The van der Waals surface area contributed by atoms with Crippen molar-refractivity contribution in [3.05, 3.63) is 65.7 Å². The third-order valence-corrected chi connectivity index (χ3v) is 2.29. The van der Waals surface area contributed by atoms with Gasteiger partial charge in [0.05, 0.1) is 0 Å². The molecule has 2 aromatic rings. The highest BCUT2D eigenvalue weighted by Gasteiger charge is 1.98. The topological polar surface area (TPSA) is 46.2 Å². The van der Waals surface area contributed by atoms with Crippen molar-refractivity contribution < 1.29 is 5.11 Å². The largest absolute Gasteiger partial charge is 0.398 e. The highest BCUT2D eigenvalue weighted by atomic mass is 16.2. The van der Waals surface area contributed by atoms with Gasteiger partial charge in [-0.05, 0) is 30.5 Å². The van der Waals surface area contributed by atoms with Crippen molar-refractivity contribution in [1.29, 1.82) is 0 Å². The van der Waals surface area contributed by atoms with E-state index in [1.165, 1.54) is 11.1 Å². The zero-order valence-electron chi connectivity index (χ0n) is 10.1. The summed E-state index contributed by atoms with van der Waals surface area (Å²) < 4.78 is 0. The first kappa shape index (κ1) is 13.3. The molecule has 0 atom stereocenters. The third-order valence-electron chi connectivity index (χ3n) is 2.29. The molecule has 90 valence electrons. The highest BCUT2D eigenvalue weighted by molar-refractivity contribution is 5.48. The minimum absolute atomic E-state index is 0.250. The van der Waals surface area contributed by atoms with E-state index >= 15 is 0 Å². The number of aliphatic hydroxyl groups excluding tert-OH is 1. The highest BCUT2D eigenvalue weighted by Crippen LogP contribution is 2.15. The monoisotopic (exact) mass is 229 g/mol. The van der Waals surface area contributed by atoms with Crippen molar-refractivity contribution in [3.8, 4) is 0 Å². The number of benzene rings is 2. The standard InChI is InChI=1S/C13H13N.C2H6O/c14-13-9-5-4-8-12(13)10-11-6-2-1-3-7-11;1-2-3/h1-9H,10,14H2;3H,2H2,1H3. The predicted octanol–water partition coefficient (Wildman–Crippen LogP) is 2.86. The van der Waals surface area contributed by atoms with Crippen molar-refractivity contribution >= 4 is 5.69 Å². The molecule has 0 spiro atoms. The minimum atomic E-state index is 0.250. The van der Waals surface area contributed by atoms with E-state index in [4.69, 9.17) is 10.8 Å². The molecule has 2 aromatic carbocycles. The van der Waals surface area contributed by atoms with Gasteiger partial charge >= 0.3 is 0 Å². The van der Waals surface area contributed by atoms with Crippen molar-refractivity contribution in [1.82, 2.24) is 0 Å². The quantitative estimate of drug-likeness (QED) is 0.778. The Hall–Kier alpha value is -1.80. The molecule has 0 saturated heterocycles. The van der Waals surface area contributed by atoms with Gasteiger partial charge < -0.3 is 10.8 Å². The fourth-order valence-corrected chi connectivity index (χ4v) is 1.51. The average molecular weight is 229 g/mol. The zero-order valence-corrected chi connectivity index (χ0v) is 10.1. The molecule has 0 aliphatic heterocycles. The van der Waals surface area contributed by atoms with Gasteiger partial charge in [-0.1, -0.05) is 48.5 Å². The van der Waals surface area contributed by atoms with Crippen molar-refractivity contribution in [2.75, 3.05) is 12.3 Å². The maximum atomic E-state index is 7.57. The molecule has 0 fully saturated rings. The first-order chi connectivity index (χ1) is 8.27. The molecule has 2 rings (SSSR count). The number of hydrogen-bond acceptors (Lipinski definition) is 2. The van der Waals surface area contributed by atoms with Crippen LogP contribution in [-0.4, -0.2) is 11.7 Å². The SMILES string of the molecule is CCO.Nc1ccccc1Cc1ccccc1. The third kappa shape index (κ3) is 4.70. The number of rotatable bonds is 2. The van der Waals surface area contributed by atoms with E-state index in [0.717, 1.165) is 12.1 Å².